The van der Waals surface area contributed by atoms with Crippen molar-refractivity contribution in [3.8, 4) is 0 Å². The largest absolute Gasteiger partial charge is 0.396 e. The molecule has 4 saturated carbocycles. The van der Waals surface area contributed by atoms with Gasteiger partial charge in [-0.25, -0.2) is 0 Å². The fourth-order valence-corrected chi connectivity index (χ4v) is 16.1. The van der Waals surface area contributed by atoms with E-state index in [9.17, 15) is 86.8 Å². The van der Waals surface area contributed by atoms with Crippen LogP contribution in [0.2, 0.25) is 0 Å². The van der Waals surface area contributed by atoms with Crippen molar-refractivity contribution in [2.24, 2.45) is 52.3 Å². The van der Waals surface area contributed by atoms with Gasteiger partial charge in [0.15, 0.2) is 31.5 Å². The molecule has 5 heterocycles. The third kappa shape index (κ3) is 12.6. The molecule has 82 heavy (non-hydrogen) atoms. The first-order chi connectivity index (χ1) is 38.9. The summed E-state index contributed by atoms with van der Waals surface area (Å²) in [6, 6.07) is 0. The molecule has 9 aliphatic rings. The predicted molar refractivity (Wildman–Crippen MR) is 274 cm³/mol. The van der Waals surface area contributed by atoms with Crippen molar-refractivity contribution < 1.29 is 134 Å². The van der Waals surface area contributed by atoms with E-state index in [4.69, 9.17) is 47.4 Å². The molecule has 0 bridgehead atoms. The molecule has 35 unspecified atom stereocenters. The summed E-state index contributed by atoms with van der Waals surface area (Å²) in [6.07, 6.45) is -33.5. The van der Waals surface area contributed by atoms with Gasteiger partial charge < -0.3 is 134 Å². The van der Waals surface area contributed by atoms with Gasteiger partial charge in [0, 0.05) is 6.61 Å². The summed E-state index contributed by atoms with van der Waals surface area (Å²) in [6.45, 7) is 5.31. The molecule has 27 nitrogen and oxygen atoms in total. The van der Waals surface area contributed by atoms with Gasteiger partial charge in [0.2, 0.25) is 0 Å². The molecule has 0 aromatic heterocycles. The van der Waals surface area contributed by atoms with E-state index >= 15 is 0 Å². The summed E-state index contributed by atoms with van der Waals surface area (Å²) in [5.41, 5.74) is -0.388. The Bertz CT molecular complexity index is 2020. The van der Waals surface area contributed by atoms with Gasteiger partial charge in [-0.1, -0.05) is 27.7 Å². The zero-order valence-electron chi connectivity index (χ0n) is 47.1. The summed E-state index contributed by atoms with van der Waals surface area (Å²) in [5, 5.41) is 183. The molecular formula is C55H94O27. The zero-order chi connectivity index (χ0) is 59.4. The molecule has 476 valence electrons. The average molecular weight is 1190 g/mol. The summed E-state index contributed by atoms with van der Waals surface area (Å²) >= 11 is 0. The monoisotopic (exact) mass is 1190 g/mol. The molecule has 0 amide bonds. The van der Waals surface area contributed by atoms with Crippen LogP contribution in [0.4, 0.5) is 0 Å². The lowest BCUT2D eigenvalue weighted by atomic mass is 9.44. The minimum absolute atomic E-state index is 0.0151. The second kappa shape index (κ2) is 26.9. The standard InChI is InChI=1S/C55H94O27/c1-21(15-56)5-8-28(60)22(2)35-31(76-49-42(69)36(63)29(61)19-73-49)14-27-25-7-6-23-13-24(9-11-54(23,3)26(25)10-12-55(27,35)4)75-51-45(72)41(68)46(34(18-59)79-51)80-53-48(82-52-44(71)40(67)38(65)32(16-57)77-52)47(39(66)33(17-58)78-53)81-50-43(70)37(64)30(62)20-74-50/h21-53,56-72H,5-20H2,1-4H3. The van der Waals surface area contributed by atoms with Gasteiger partial charge in [0.05, 0.1) is 51.3 Å². The number of aliphatic hydroxyl groups is 17. The Labute approximate surface area is 476 Å². The number of hydrogen-bond donors (Lipinski definition) is 17. The Balaban J connectivity index is 0.883. The molecule has 4 aliphatic carbocycles. The third-order valence-electron chi connectivity index (χ3n) is 21.0. The molecule has 0 aromatic rings. The van der Waals surface area contributed by atoms with Crippen LogP contribution in [0.5, 0.6) is 0 Å². The molecule has 5 aliphatic heterocycles. The number of rotatable bonds is 19. The Morgan fingerprint density at radius 2 is 1.01 bits per heavy atom. The zero-order valence-corrected chi connectivity index (χ0v) is 47.1. The van der Waals surface area contributed by atoms with Gasteiger partial charge in [0.1, 0.15) is 110 Å². The number of fused-ring (bicyclic) bond motifs is 5. The summed E-state index contributed by atoms with van der Waals surface area (Å²) in [7, 11) is 0. The smallest absolute Gasteiger partial charge is 0.187 e. The molecule has 0 spiro atoms. The molecule has 9 fully saturated rings. The summed E-state index contributed by atoms with van der Waals surface area (Å²) in [5.74, 6) is 0.633. The number of aliphatic hydroxyl groups excluding tert-OH is 17. The number of hydrogen-bond acceptors (Lipinski definition) is 27. The summed E-state index contributed by atoms with van der Waals surface area (Å²) < 4.78 is 60.3. The van der Waals surface area contributed by atoms with Crippen molar-refractivity contribution in [3.05, 3.63) is 0 Å². The van der Waals surface area contributed by atoms with Gasteiger partial charge in [0.25, 0.3) is 0 Å². The van der Waals surface area contributed by atoms with Gasteiger partial charge in [-0.3, -0.25) is 0 Å². The maximum atomic E-state index is 11.9. The molecule has 0 aromatic carbocycles. The van der Waals surface area contributed by atoms with Gasteiger partial charge >= 0.3 is 0 Å². The molecular weight excluding hydrogens is 1090 g/mol. The maximum absolute atomic E-state index is 11.9. The van der Waals surface area contributed by atoms with Crippen LogP contribution in [0.3, 0.4) is 0 Å². The Hall–Kier alpha value is -1.08. The van der Waals surface area contributed by atoms with Crippen LogP contribution in [0.25, 0.3) is 0 Å². The fourth-order valence-electron chi connectivity index (χ4n) is 16.1. The Morgan fingerprint density at radius 1 is 0.476 bits per heavy atom. The second-order valence-corrected chi connectivity index (χ2v) is 25.9. The first kappa shape index (κ1) is 65.4. The van der Waals surface area contributed by atoms with E-state index in [-0.39, 0.29) is 53.6 Å². The number of ether oxygens (including phenoxy) is 10. The van der Waals surface area contributed by atoms with Crippen molar-refractivity contribution in [3.63, 3.8) is 0 Å². The predicted octanol–water partition coefficient (Wildman–Crippen LogP) is -5.22. The van der Waals surface area contributed by atoms with Gasteiger partial charge in [-0.2, -0.15) is 0 Å². The van der Waals surface area contributed by atoms with Crippen LogP contribution >= 0.6 is 0 Å². The van der Waals surface area contributed by atoms with Crippen LogP contribution < -0.4 is 0 Å². The van der Waals surface area contributed by atoms with Crippen molar-refractivity contribution in [2.75, 3.05) is 39.6 Å². The first-order valence-corrected chi connectivity index (χ1v) is 29.7. The van der Waals surface area contributed by atoms with Crippen LogP contribution in [0.1, 0.15) is 91.9 Å². The van der Waals surface area contributed by atoms with E-state index < -0.39 is 186 Å². The van der Waals surface area contributed by atoms with Crippen molar-refractivity contribution in [1.82, 2.24) is 0 Å². The Morgan fingerprint density at radius 3 is 1.65 bits per heavy atom. The van der Waals surface area contributed by atoms with Crippen LogP contribution in [0.15, 0.2) is 0 Å². The SMILES string of the molecule is CC(CO)CCC(O)C(C)C1C(OC2OCC(O)C(O)C2O)CC2C3CCC4CC(OC5OC(CO)C(OC6OC(CO)C(O)C(OC7OCC(O)C(O)C7O)C6OC6OC(CO)C(O)C(O)C6O)C(O)C5O)CCC4(C)C3CCC21C. The topological polar surface area (TPSA) is 436 Å². The van der Waals surface area contributed by atoms with Crippen LogP contribution in [-0.2, 0) is 47.4 Å². The van der Waals surface area contributed by atoms with Crippen molar-refractivity contribution in [1.29, 1.82) is 0 Å². The third-order valence-corrected chi connectivity index (χ3v) is 21.0. The normalized spacial score (nSPS) is 52.9. The lowest BCUT2D eigenvalue weighted by Crippen LogP contribution is -2.68. The highest BCUT2D eigenvalue weighted by atomic mass is 16.8. The van der Waals surface area contributed by atoms with E-state index in [0.29, 0.717) is 43.9 Å². The van der Waals surface area contributed by atoms with E-state index in [1.165, 1.54) is 0 Å². The molecule has 35 atom stereocenters. The summed E-state index contributed by atoms with van der Waals surface area (Å²) in [4.78, 5) is 0. The Kier molecular flexibility index (Phi) is 21.5. The first-order valence-electron chi connectivity index (χ1n) is 29.7. The van der Waals surface area contributed by atoms with E-state index in [0.717, 1.165) is 32.1 Å². The molecule has 0 radical (unpaired) electrons. The van der Waals surface area contributed by atoms with E-state index in [1.807, 2.05) is 13.8 Å². The highest BCUT2D eigenvalue weighted by molar-refractivity contribution is 5.13. The molecule has 17 N–H and O–H groups in total. The highest BCUT2D eigenvalue weighted by Gasteiger charge is 2.65. The highest BCUT2D eigenvalue weighted by Crippen LogP contribution is 2.69. The van der Waals surface area contributed by atoms with Crippen molar-refractivity contribution in [2.45, 2.75) is 252 Å². The molecule has 5 saturated heterocycles. The molecule has 27 heteroatoms. The van der Waals surface area contributed by atoms with Crippen molar-refractivity contribution >= 4 is 0 Å². The lowest BCUT2D eigenvalue weighted by molar-refractivity contribution is -0.404. The van der Waals surface area contributed by atoms with Gasteiger partial charge in [-0.05, 0) is 116 Å². The van der Waals surface area contributed by atoms with E-state index in [1.54, 1.807) is 0 Å². The molecule has 9 rings (SSSR count). The second-order valence-electron chi connectivity index (χ2n) is 25.9. The van der Waals surface area contributed by atoms with Gasteiger partial charge in [-0.15, -0.1) is 0 Å². The van der Waals surface area contributed by atoms with Crippen LogP contribution in [-0.4, -0.2) is 286 Å². The minimum atomic E-state index is -2.03. The fraction of sp³-hybridized carbons (Fsp3) is 1.00. The van der Waals surface area contributed by atoms with Crippen LogP contribution in [0, 0.1) is 52.3 Å². The minimum Gasteiger partial charge on any atom is -0.396 e. The quantitative estimate of drug-likeness (QED) is 0.0538. The average Bonchev–Trinajstić information content (AvgIpc) is 3.94. The van der Waals surface area contributed by atoms with E-state index in [2.05, 4.69) is 13.8 Å². The maximum Gasteiger partial charge on any atom is 0.187 e. The lowest BCUT2D eigenvalue weighted by Gasteiger charge is -2.61.